The van der Waals surface area contributed by atoms with Gasteiger partial charge in [-0.15, -0.1) is 11.3 Å². The minimum atomic E-state index is -0.774. The van der Waals surface area contributed by atoms with Crippen molar-refractivity contribution in [1.29, 1.82) is 0 Å². The summed E-state index contributed by atoms with van der Waals surface area (Å²) in [5.41, 5.74) is 3.67. The third-order valence-electron chi connectivity index (χ3n) is 5.14. The summed E-state index contributed by atoms with van der Waals surface area (Å²) in [6, 6.07) is 16.8. The van der Waals surface area contributed by atoms with Crippen molar-refractivity contribution in [3.8, 4) is 11.1 Å². The molecule has 0 fully saturated rings. The van der Waals surface area contributed by atoms with Crippen LogP contribution in [-0.2, 0) is 16.1 Å². The zero-order chi connectivity index (χ0) is 21.3. The molecule has 6 heteroatoms. The zero-order valence-electron chi connectivity index (χ0n) is 17.1. The van der Waals surface area contributed by atoms with Gasteiger partial charge in [0.05, 0.1) is 11.7 Å². The number of thiophene rings is 1. The second-order valence-electron chi connectivity index (χ2n) is 7.31. The number of carbonyl (C=O) groups is 1. The first kappa shape index (κ1) is 20.0. The van der Waals surface area contributed by atoms with Gasteiger partial charge in [0.1, 0.15) is 17.5 Å². The van der Waals surface area contributed by atoms with Gasteiger partial charge in [-0.3, -0.25) is 9.36 Å². The van der Waals surface area contributed by atoms with Crippen LogP contribution in [0.5, 0.6) is 0 Å². The summed E-state index contributed by atoms with van der Waals surface area (Å²) >= 11 is 1.49. The molecule has 0 saturated heterocycles. The Morgan fingerprint density at radius 2 is 1.80 bits per heavy atom. The number of esters is 1. The van der Waals surface area contributed by atoms with E-state index >= 15 is 0 Å². The lowest BCUT2D eigenvalue weighted by Crippen LogP contribution is -2.29. The van der Waals surface area contributed by atoms with Crippen LogP contribution in [0, 0.1) is 13.8 Å². The van der Waals surface area contributed by atoms with Gasteiger partial charge in [-0.2, -0.15) is 0 Å². The molecule has 2 heterocycles. The fourth-order valence-electron chi connectivity index (χ4n) is 3.42. The van der Waals surface area contributed by atoms with Gasteiger partial charge in [-0.1, -0.05) is 60.2 Å². The van der Waals surface area contributed by atoms with Crippen LogP contribution in [0.25, 0.3) is 21.3 Å². The highest BCUT2D eigenvalue weighted by Crippen LogP contribution is 2.35. The summed E-state index contributed by atoms with van der Waals surface area (Å²) in [5.74, 6) is -0.467. The SMILES string of the molecule is Cc1ccc(-c2c(C)sc3ncn([C@@H](C)C(=O)OCc4ccccc4)c(=O)c23)cc1. The summed E-state index contributed by atoms with van der Waals surface area (Å²) in [5, 5.41) is 0.548. The van der Waals surface area contributed by atoms with Crippen LogP contribution in [-0.4, -0.2) is 15.5 Å². The monoisotopic (exact) mass is 418 g/mol. The maximum atomic E-state index is 13.3. The molecule has 1 atom stereocenters. The van der Waals surface area contributed by atoms with Gasteiger partial charge in [-0.05, 0) is 31.9 Å². The molecule has 152 valence electrons. The van der Waals surface area contributed by atoms with E-state index in [-0.39, 0.29) is 12.2 Å². The van der Waals surface area contributed by atoms with Crippen LogP contribution in [0.3, 0.4) is 0 Å². The molecular formula is C24H22N2O3S. The minimum Gasteiger partial charge on any atom is -0.459 e. The lowest BCUT2D eigenvalue weighted by molar-refractivity contribution is -0.148. The summed E-state index contributed by atoms with van der Waals surface area (Å²) in [6.07, 6.45) is 1.44. The summed E-state index contributed by atoms with van der Waals surface area (Å²) in [4.78, 5) is 32.1. The van der Waals surface area contributed by atoms with E-state index < -0.39 is 12.0 Å². The van der Waals surface area contributed by atoms with Crippen molar-refractivity contribution in [2.45, 2.75) is 33.4 Å². The molecule has 0 saturated carbocycles. The largest absolute Gasteiger partial charge is 0.459 e. The summed E-state index contributed by atoms with van der Waals surface area (Å²) < 4.78 is 6.78. The average Bonchev–Trinajstić information content (AvgIpc) is 3.10. The molecule has 0 N–H and O–H groups in total. The van der Waals surface area contributed by atoms with Crippen molar-refractivity contribution in [2.75, 3.05) is 0 Å². The second kappa shape index (κ2) is 8.24. The molecule has 2 aromatic heterocycles. The standard InChI is InChI=1S/C24H22N2O3S/c1-15-9-11-19(12-10-15)20-17(3)30-22-21(20)23(27)26(14-25-22)16(2)24(28)29-13-18-7-5-4-6-8-18/h4-12,14,16H,13H2,1-3H3/t16-/m0/s1. The van der Waals surface area contributed by atoms with Crippen LogP contribution in [0.15, 0.2) is 65.7 Å². The number of benzene rings is 2. The Balaban J connectivity index is 1.69. The smallest absolute Gasteiger partial charge is 0.329 e. The van der Waals surface area contributed by atoms with E-state index in [1.807, 2.05) is 68.4 Å². The maximum absolute atomic E-state index is 13.3. The van der Waals surface area contributed by atoms with Gasteiger partial charge in [0.2, 0.25) is 0 Å². The third kappa shape index (κ3) is 3.78. The number of nitrogens with zero attached hydrogens (tertiary/aromatic N) is 2. The Labute approximate surface area is 178 Å². The van der Waals surface area contributed by atoms with E-state index in [1.54, 1.807) is 6.92 Å². The van der Waals surface area contributed by atoms with E-state index in [4.69, 9.17) is 4.74 Å². The lowest BCUT2D eigenvalue weighted by atomic mass is 10.0. The van der Waals surface area contributed by atoms with E-state index in [2.05, 4.69) is 4.98 Å². The molecule has 0 radical (unpaired) electrons. The first-order valence-electron chi connectivity index (χ1n) is 9.73. The molecule has 0 aliphatic rings. The third-order valence-corrected chi connectivity index (χ3v) is 6.15. The predicted molar refractivity (Wildman–Crippen MR) is 120 cm³/mol. The Morgan fingerprint density at radius 3 is 2.50 bits per heavy atom. The van der Waals surface area contributed by atoms with Crippen LogP contribution >= 0.6 is 11.3 Å². The molecule has 0 bridgehead atoms. The highest BCUT2D eigenvalue weighted by molar-refractivity contribution is 7.19. The second-order valence-corrected chi connectivity index (χ2v) is 8.51. The first-order valence-corrected chi connectivity index (χ1v) is 10.5. The van der Waals surface area contributed by atoms with Crippen molar-refractivity contribution in [2.24, 2.45) is 0 Å². The number of fused-ring (bicyclic) bond motifs is 1. The zero-order valence-corrected chi connectivity index (χ0v) is 17.9. The highest BCUT2D eigenvalue weighted by Gasteiger charge is 2.22. The molecule has 0 spiro atoms. The van der Waals surface area contributed by atoms with Crippen LogP contribution in [0.1, 0.15) is 29.0 Å². The number of aromatic nitrogens is 2. The summed E-state index contributed by atoms with van der Waals surface area (Å²) in [7, 11) is 0. The van der Waals surface area contributed by atoms with Crippen molar-refractivity contribution < 1.29 is 9.53 Å². The number of ether oxygens (including phenoxy) is 1. The van der Waals surface area contributed by atoms with Crippen molar-refractivity contribution in [1.82, 2.24) is 9.55 Å². The molecule has 5 nitrogen and oxygen atoms in total. The van der Waals surface area contributed by atoms with E-state index in [1.165, 1.54) is 22.2 Å². The number of carbonyl (C=O) groups excluding carboxylic acids is 1. The van der Waals surface area contributed by atoms with Gasteiger partial charge in [0, 0.05) is 10.4 Å². The predicted octanol–water partition coefficient (Wildman–Crippen LogP) is 5.05. The van der Waals surface area contributed by atoms with Gasteiger partial charge in [0.25, 0.3) is 5.56 Å². The van der Waals surface area contributed by atoms with E-state index in [0.29, 0.717) is 10.2 Å². The molecule has 4 rings (SSSR count). The molecular weight excluding hydrogens is 396 g/mol. The molecule has 2 aromatic carbocycles. The molecule has 0 aliphatic heterocycles. The van der Waals surface area contributed by atoms with Crippen molar-refractivity contribution in [3.05, 3.63) is 87.3 Å². The number of hydrogen-bond acceptors (Lipinski definition) is 5. The Hall–Kier alpha value is -3.25. The highest BCUT2D eigenvalue weighted by atomic mass is 32.1. The molecule has 0 amide bonds. The number of aryl methyl sites for hydroxylation is 2. The fraction of sp³-hybridized carbons (Fsp3) is 0.208. The Morgan fingerprint density at radius 1 is 1.10 bits per heavy atom. The lowest BCUT2D eigenvalue weighted by Gasteiger charge is -2.14. The number of hydrogen-bond donors (Lipinski definition) is 0. The van der Waals surface area contributed by atoms with E-state index in [0.717, 1.165) is 27.1 Å². The van der Waals surface area contributed by atoms with Crippen LogP contribution in [0.4, 0.5) is 0 Å². The normalized spacial score (nSPS) is 12.1. The van der Waals surface area contributed by atoms with E-state index in [9.17, 15) is 9.59 Å². The molecule has 0 unspecified atom stereocenters. The molecule has 4 aromatic rings. The molecule has 30 heavy (non-hydrogen) atoms. The maximum Gasteiger partial charge on any atom is 0.329 e. The van der Waals surface area contributed by atoms with Crippen LogP contribution in [0.2, 0.25) is 0 Å². The summed E-state index contributed by atoms with van der Waals surface area (Å²) in [6.45, 7) is 5.84. The minimum absolute atomic E-state index is 0.167. The average molecular weight is 419 g/mol. The van der Waals surface area contributed by atoms with Gasteiger partial charge in [-0.25, -0.2) is 9.78 Å². The van der Waals surface area contributed by atoms with Gasteiger partial charge < -0.3 is 4.74 Å². The Kier molecular flexibility index (Phi) is 5.50. The van der Waals surface area contributed by atoms with Gasteiger partial charge >= 0.3 is 5.97 Å². The Bertz CT molecular complexity index is 1260. The van der Waals surface area contributed by atoms with Crippen molar-refractivity contribution in [3.63, 3.8) is 0 Å². The van der Waals surface area contributed by atoms with Gasteiger partial charge in [0.15, 0.2) is 0 Å². The number of rotatable bonds is 5. The molecule has 0 aliphatic carbocycles. The quantitative estimate of drug-likeness (QED) is 0.426. The van der Waals surface area contributed by atoms with Crippen LogP contribution < -0.4 is 5.56 Å². The topological polar surface area (TPSA) is 61.2 Å². The van der Waals surface area contributed by atoms with Crippen molar-refractivity contribution >= 4 is 27.5 Å². The fourth-order valence-corrected chi connectivity index (χ4v) is 4.43. The first-order chi connectivity index (χ1) is 14.5.